The average Bonchev–Trinajstić information content (AvgIpc) is 2.05. The lowest BCUT2D eigenvalue weighted by Gasteiger charge is -2.14. The molecule has 0 saturated heterocycles. The fourth-order valence-corrected chi connectivity index (χ4v) is 1.77. The van der Waals surface area contributed by atoms with Gasteiger partial charge in [-0.15, -0.1) is 12.4 Å². The highest BCUT2D eigenvalue weighted by Gasteiger charge is 2.56. The summed E-state index contributed by atoms with van der Waals surface area (Å²) < 4.78 is 36.3. The van der Waals surface area contributed by atoms with Gasteiger partial charge in [-0.25, -0.2) is 0 Å². The van der Waals surface area contributed by atoms with Gasteiger partial charge < -0.3 is 5.73 Å². The van der Waals surface area contributed by atoms with Crippen LogP contribution in [0.25, 0.3) is 0 Å². The molecule has 0 fully saturated rings. The maximum absolute atomic E-state index is 13.0. The lowest BCUT2D eigenvalue weighted by atomic mass is 10.0. The van der Waals surface area contributed by atoms with Gasteiger partial charge in [0.05, 0.1) is 5.92 Å². The summed E-state index contributed by atoms with van der Waals surface area (Å²) in [5.74, 6) is -1.04. The van der Waals surface area contributed by atoms with Crippen molar-refractivity contribution in [2.75, 3.05) is 6.54 Å². The third-order valence-electron chi connectivity index (χ3n) is 2.00. The Kier molecular flexibility index (Phi) is 8.84. The van der Waals surface area contributed by atoms with Crippen molar-refractivity contribution in [2.45, 2.75) is 31.8 Å². The van der Waals surface area contributed by atoms with Crippen molar-refractivity contribution in [2.24, 2.45) is 11.7 Å². The van der Waals surface area contributed by atoms with E-state index in [4.69, 9.17) is 10.6 Å². The molecule has 7 heteroatoms. The molecule has 0 saturated carbocycles. The largest absolute Gasteiger partial charge is 0.583 e. The summed E-state index contributed by atoms with van der Waals surface area (Å²) >= 11 is 0. The molecular formula is C7H16ClF2NO2P+. The molecule has 0 aliphatic rings. The van der Waals surface area contributed by atoms with Gasteiger partial charge in [-0.05, 0) is 30.4 Å². The van der Waals surface area contributed by atoms with Gasteiger partial charge >= 0.3 is 13.7 Å². The minimum Gasteiger partial charge on any atom is -0.330 e. The van der Waals surface area contributed by atoms with Gasteiger partial charge in [0, 0.05) is 0 Å². The molecule has 0 aromatic carbocycles. The molecule has 3 N–H and O–H groups in total. The molecule has 0 radical (unpaired) electrons. The first-order valence-electron chi connectivity index (χ1n) is 4.20. The second-order valence-electron chi connectivity index (χ2n) is 2.90. The summed E-state index contributed by atoms with van der Waals surface area (Å²) in [6.07, 6.45) is 0.841. The first-order valence-corrected chi connectivity index (χ1v) is 5.42. The normalized spacial score (nSPS) is 14.5. The molecule has 0 aromatic heterocycles. The van der Waals surface area contributed by atoms with E-state index in [2.05, 4.69) is 0 Å². The Labute approximate surface area is 89.3 Å². The lowest BCUT2D eigenvalue weighted by Crippen LogP contribution is -2.24. The van der Waals surface area contributed by atoms with Crippen LogP contribution in [-0.2, 0) is 4.57 Å². The van der Waals surface area contributed by atoms with E-state index in [1.54, 1.807) is 6.92 Å². The molecule has 86 valence electrons. The topological polar surface area (TPSA) is 63.3 Å². The Balaban J connectivity index is 0. The fourth-order valence-electron chi connectivity index (χ4n) is 1.14. The predicted molar refractivity (Wildman–Crippen MR) is 54.1 cm³/mol. The molecule has 0 amide bonds. The zero-order chi connectivity index (χ0) is 10.5. The smallest absolute Gasteiger partial charge is 0.330 e. The number of halogens is 3. The second kappa shape index (κ2) is 7.46. The van der Waals surface area contributed by atoms with Gasteiger partial charge in [0.1, 0.15) is 0 Å². The molecule has 0 aliphatic heterocycles. The van der Waals surface area contributed by atoms with Crippen molar-refractivity contribution >= 4 is 20.4 Å². The van der Waals surface area contributed by atoms with Crippen molar-refractivity contribution in [3.05, 3.63) is 0 Å². The van der Waals surface area contributed by atoms with Crippen LogP contribution in [0.3, 0.4) is 0 Å². The quantitative estimate of drug-likeness (QED) is 0.712. The Bertz CT molecular complexity index is 183. The summed E-state index contributed by atoms with van der Waals surface area (Å²) in [5.41, 5.74) is 1.70. The van der Waals surface area contributed by atoms with Crippen LogP contribution >= 0.6 is 20.4 Å². The van der Waals surface area contributed by atoms with Gasteiger partial charge in [0.2, 0.25) is 0 Å². The lowest BCUT2D eigenvalue weighted by molar-refractivity contribution is 0.0128. The summed E-state index contributed by atoms with van der Waals surface area (Å²) in [6, 6.07) is 0. The van der Waals surface area contributed by atoms with Crippen LogP contribution in [0.1, 0.15) is 26.2 Å². The first kappa shape index (κ1) is 16.6. The molecule has 0 rings (SSSR count). The zero-order valence-electron chi connectivity index (χ0n) is 7.95. The molecule has 0 aromatic rings. The van der Waals surface area contributed by atoms with Gasteiger partial charge in [-0.1, -0.05) is 6.92 Å². The van der Waals surface area contributed by atoms with Gasteiger partial charge in [-0.3, -0.25) is 0 Å². The highest BCUT2D eigenvalue weighted by Crippen LogP contribution is 2.47. The molecule has 3 nitrogen and oxygen atoms in total. The SMILES string of the molecule is CCC(CCCN)C(F)(F)[P+](=O)O.Cl. The minimum absolute atomic E-state index is 0. The maximum atomic E-state index is 13.0. The molecule has 14 heavy (non-hydrogen) atoms. The van der Waals surface area contributed by atoms with Crippen LogP contribution in [-0.4, -0.2) is 17.1 Å². The minimum atomic E-state index is -3.47. The van der Waals surface area contributed by atoms with Crippen LogP contribution < -0.4 is 5.73 Å². The molecule has 0 spiro atoms. The Morgan fingerprint density at radius 2 is 2.07 bits per heavy atom. The molecular weight excluding hydrogens is 235 g/mol. The first-order chi connectivity index (χ1) is 5.96. The molecule has 0 bridgehead atoms. The third-order valence-corrected chi connectivity index (χ3v) is 2.87. The van der Waals surface area contributed by atoms with E-state index in [-0.39, 0.29) is 25.2 Å². The predicted octanol–water partition coefficient (Wildman–Crippen LogP) is 2.50. The van der Waals surface area contributed by atoms with Crippen LogP contribution in [0.2, 0.25) is 0 Å². The van der Waals surface area contributed by atoms with E-state index in [0.717, 1.165) is 0 Å². The Morgan fingerprint density at radius 3 is 2.36 bits per heavy atom. The molecule has 2 unspecified atom stereocenters. The maximum Gasteiger partial charge on any atom is 0.583 e. The summed E-state index contributed by atoms with van der Waals surface area (Å²) in [5, 5.41) is 0. The highest BCUT2D eigenvalue weighted by atomic mass is 35.5. The van der Waals surface area contributed by atoms with Crippen molar-refractivity contribution in [3.8, 4) is 0 Å². The van der Waals surface area contributed by atoms with Crippen molar-refractivity contribution in [1.29, 1.82) is 0 Å². The van der Waals surface area contributed by atoms with Gasteiger partial charge in [0.15, 0.2) is 0 Å². The van der Waals surface area contributed by atoms with Crippen molar-refractivity contribution in [1.82, 2.24) is 0 Å². The van der Waals surface area contributed by atoms with E-state index in [9.17, 15) is 13.3 Å². The van der Waals surface area contributed by atoms with Crippen molar-refractivity contribution < 1.29 is 18.2 Å². The third kappa shape index (κ3) is 4.60. The summed E-state index contributed by atoms with van der Waals surface area (Å²) in [6.45, 7) is 1.91. The Morgan fingerprint density at radius 1 is 1.57 bits per heavy atom. The summed E-state index contributed by atoms with van der Waals surface area (Å²) in [7, 11) is -3.43. The monoisotopic (exact) mass is 250 g/mol. The van der Waals surface area contributed by atoms with Crippen LogP contribution in [0.4, 0.5) is 8.78 Å². The Hall–Kier alpha value is 0.170. The number of rotatable bonds is 6. The standard InChI is InChI=1S/C7H14F2NO2P.ClH/c1-2-6(4-3-5-10)7(8,9)13(11)12;/h6H,2-5,10H2,1H3;1H/p+1. The number of nitrogens with two attached hydrogens (primary N) is 1. The summed E-state index contributed by atoms with van der Waals surface area (Å²) in [4.78, 5) is 8.41. The van der Waals surface area contributed by atoms with Crippen LogP contribution in [0.5, 0.6) is 0 Å². The fraction of sp³-hybridized carbons (Fsp3) is 1.00. The van der Waals surface area contributed by atoms with E-state index in [1.807, 2.05) is 0 Å². The average molecular weight is 251 g/mol. The van der Waals surface area contributed by atoms with Gasteiger partial charge in [0.25, 0.3) is 0 Å². The van der Waals surface area contributed by atoms with E-state index < -0.39 is 19.6 Å². The van der Waals surface area contributed by atoms with Gasteiger partial charge in [-0.2, -0.15) is 13.7 Å². The molecule has 2 atom stereocenters. The molecule has 0 aliphatic carbocycles. The number of hydrogen-bond acceptors (Lipinski definition) is 2. The molecule has 0 heterocycles. The number of hydrogen-bond donors (Lipinski definition) is 2. The zero-order valence-corrected chi connectivity index (χ0v) is 9.66. The second-order valence-corrected chi connectivity index (χ2v) is 4.04. The highest BCUT2D eigenvalue weighted by molar-refractivity contribution is 7.39. The van der Waals surface area contributed by atoms with E-state index >= 15 is 0 Å². The van der Waals surface area contributed by atoms with E-state index in [0.29, 0.717) is 13.0 Å². The number of alkyl halides is 2. The van der Waals surface area contributed by atoms with E-state index in [1.165, 1.54) is 0 Å². The van der Waals surface area contributed by atoms with Crippen LogP contribution in [0.15, 0.2) is 0 Å². The van der Waals surface area contributed by atoms with Crippen LogP contribution in [0, 0.1) is 5.92 Å². The van der Waals surface area contributed by atoms with Crippen molar-refractivity contribution in [3.63, 3.8) is 0 Å².